The maximum atomic E-state index is 14.4. The van der Waals surface area contributed by atoms with Gasteiger partial charge in [0.2, 0.25) is 0 Å². The highest BCUT2D eigenvalue weighted by atomic mass is 19.1. The number of phenols is 1. The van der Waals surface area contributed by atoms with E-state index >= 15 is 0 Å². The first-order chi connectivity index (χ1) is 13.4. The van der Waals surface area contributed by atoms with Gasteiger partial charge in [0.1, 0.15) is 11.6 Å². The van der Waals surface area contributed by atoms with Crippen molar-refractivity contribution >= 4 is 21.7 Å². The van der Waals surface area contributed by atoms with Crippen molar-refractivity contribution in [3.8, 4) is 16.9 Å². The van der Waals surface area contributed by atoms with Gasteiger partial charge in [0.25, 0.3) is 5.56 Å². The molecule has 0 fully saturated rings. The number of aryl methyl sites for hydroxylation is 1. The summed E-state index contributed by atoms with van der Waals surface area (Å²) in [5.41, 5.74) is 9.04. The van der Waals surface area contributed by atoms with Crippen molar-refractivity contribution in [3.63, 3.8) is 0 Å². The van der Waals surface area contributed by atoms with Crippen molar-refractivity contribution in [2.45, 2.75) is 19.8 Å². The molecule has 1 atom stereocenters. The number of aromatic hydroxyl groups is 1. The lowest BCUT2D eigenvalue weighted by molar-refractivity contribution is 0.477. The number of H-pyrrole nitrogens is 1. The Morgan fingerprint density at radius 2 is 1.86 bits per heavy atom. The lowest BCUT2D eigenvalue weighted by atomic mass is 9.92. The second-order valence-electron chi connectivity index (χ2n) is 7.21. The molecule has 0 aliphatic heterocycles. The number of fused-ring (bicyclic) bond motifs is 3. The molecule has 28 heavy (non-hydrogen) atoms. The van der Waals surface area contributed by atoms with E-state index in [0.29, 0.717) is 34.0 Å². The maximum Gasteiger partial charge on any atom is 0.259 e. The van der Waals surface area contributed by atoms with Crippen LogP contribution in [-0.4, -0.2) is 16.6 Å². The molecule has 4 N–H and O–H groups in total. The standard InChI is InChI=1S/C23H21FN2O2/c1-12-10-18(27)19(15-8-6-14(7-9-15)13(2)11-25)21-16-4-3-5-17(24)20(16)23(28)26-22(12)21/h3-10,13,27H,11,25H2,1-2H3,(H,26,28)/t13-/m0/s1. The molecule has 4 aromatic rings. The van der Waals surface area contributed by atoms with E-state index in [9.17, 15) is 14.3 Å². The van der Waals surface area contributed by atoms with Crippen LogP contribution < -0.4 is 11.3 Å². The fourth-order valence-electron chi connectivity index (χ4n) is 3.78. The average molecular weight is 376 g/mol. The highest BCUT2D eigenvalue weighted by Crippen LogP contribution is 2.40. The van der Waals surface area contributed by atoms with E-state index in [-0.39, 0.29) is 17.1 Å². The first kappa shape index (κ1) is 18.2. The lowest BCUT2D eigenvalue weighted by Gasteiger charge is -2.15. The zero-order valence-corrected chi connectivity index (χ0v) is 15.7. The molecule has 0 aliphatic rings. The highest BCUT2D eigenvalue weighted by Gasteiger charge is 2.18. The summed E-state index contributed by atoms with van der Waals surface area (Å²) >= 11 is 0. The van der Waals surface area contributed by atoms with Gasteiger partial charge >= 0.3 is 0 Å². The Kier molecular flexibility index (Phi) is 4.40. The molecule has 0 bridgehead atoms. The van der Waals surface area contributed by atoms with Gasteiger partial charge in [0.05, 0.1) is 10.9 Å². The zero-order chi connectivity index (χ0) is 20.0. The molecule has 4 rings (SSSR count). The highest BCUT2D eigenvalue weighted by molar-refractivity contribution is 6.14. The summed E-state index contributed by atoms with van der Waals surface area (Å²) in [7, 11) is 0. The monoisotopic (exact) mass is 376 g/mol. The number of benzene rings is 3. The number of rotatable bonds is 3. The van der Waals surface area contributed by atoms with Crippen molar-refractivity contribution in [3.05, 3.63) is 75.8 Å². The Balaban J connectivity index is 2.12. The van der Waals surface area contributed by atoms with Crippen LogP contribution in [0.2, 0.25) is 0 Å². The Morgan fingerprint density at radius 3 is 2.54 bits per heavy atom. The molecule has 1 aromatic heterocycles. The summed E-state index contributed by atoms with van der Waals surface area (Å²) in [5, 5.41) is 11.9. The second kappa shape index (κ2) is 6.77. The molecule has 0 spiro atoms. The summed E-state index contributed by atoms with van der Waals surface area (Å²) in [6.45, 7) is 4.40. The third kappa shape index (κ3) is 2.75. The van der Waals surface area contributed by atoms with Crippen LogP contribution in [0.25, 0.3) is 32.8 Å². The molecule has 142 valence electrons. The molecule has 0 aliphatic carbocycles. The number of pyridine rings is 1. The normalized spacial score (nSPS) is 12.6. The molecule has 5 heteroatoms. The van der Waals surface area contributed by atoms with E-state index in [2.05, 4.69) is 11.9 Å². The minimum atomic E-state index is -0.584. The van der Waals surface area contributed by atoms with Gasteiger partial charge in [-0.2, -0.15) is 0 Å². The zero-order valence-electron chi connectivity index (χ0n) is 15.7. The van der Waals surface area contributed by atoms with E-state index in [4.69, 9.17) is 5.73 Å². The number of nitrogens with one attached hydrogen (secondary N) is 1. The van der Waals surface area contributed by atoms with Gasteiger partial charge in [-0.15, -0.1) is 0 Å². The molecule has 3 aromatic carbocycles. The van der Waals surface area contributed by atoms with Gasteiger partial charge in [0, 0.05) is 16.3 Å². The Labute approximate surface area is 161 Å². The fraction of sp³-hybridized carbons (Fsp3) is 0.174. The fourth-order valence-corrected chi connectivity index (χ4v) is 3.78. The SMILES string of the molecule is Cc1cc(O)c(-c2ccc([C@@H](C)CN)cc2)c2c1[nH]c(=O)c1c(F)cccc12. The third-order valence-electron chi connectivity index (χ3n) is 5.37. The second-order valence-corrected chi connectivity index (χ2v) is 7.21. The van der Waals surface area contributed by atoms with E-state index in [1.165, 1.54) is 6.07 Å². The lowest BCUT2D eigenvalue weighted by Crippen LogP contribution is -2.09. The number of nitrogens with two attached hydrogens (primary N) is 1. The van der Waals surface area contributed by atoms with Gasteiger partial charge in [-0.1, -0.05) is 43.3 Å². The van der Waals surface area contributed by atoms with Crippen molar-refractivity contribution in [1.82, 2.24) is 4.98 Å². The Morgan fingerprint density at radius 1 is 1.14 bits per heavy atom. The topological polar surface area (TPSA) is 79.1 Å². The first-order valence-corrected chi connectivity index (χ1v) is 9.19. The van der Waals surface area contributed by atoms with Crippen LogP contribution in [0.15, 0.2) is 53.3 Å². The summed E-state index contributed by atoms with van der Waals surface area (Å²) in [4.78, 5) is 15.3. The van der Waals surface area contributed by atoms with Gasteiger partial charge in [-0.05, 0) is 48.2 Å². The first-order valence-electron chi connectivity index (χ1n) is 9.19. The average Bonchev–Trinajstić information content (AvgIpc) is 2.68. The molecule has 0 saturated heterocycles. The van der Waals surface area contributed by atoms with E-state index in [1.807, 2.05) is 24.3 Å². The Hall–Kier alpha value is -3.18. The molecular formula is C23H21FN2O2. The number of hydrogen-bond donors (Lipinski definition) is 3. The molecule has 1 heterocycles. The quantitative estimate of drug-likeness (QED) is 0.459. The molecule has 0 amide bonds. The molecule has 4 nitrogen and oxygen atoms in total. The number of phenolic OH excluding ortho intramolecular Hbond substituents is 1. The van der Waals surface area contributed by atoms with Crippen LogP contribution in [0, 0.1) is 12.7 Å². The predicted octanol–water partition coefficient (Wildman–Crippen LogP) is 4.56. The number of aromatic nitrogens is 1. The molecule has 0 radical (unpaired) electrons. The van der Waals surface area contributed by atoms with E-state index in [0.717, 1.165) is 11.1 Å². The van der Waals surface area contributed by atoms with Gasteiger partial charge in [-0.3, -0.25) is 4.79 Å². The molecular weight excluding hydrogens is 355 g/mol. The Bertz CT molecular complexity index is 1260. The van der Waals surface area contributed by atoms with Crippen LogP contribution in [0.1, 0.15) is 24.0 Å². The summed E-state index contributed by atoms with van der Waals surface area (Å²) in [6.07, 6.45) is 0. The summed E-state index contributed by atoms with van der Waals surface area (Å²) < 4.78 is 14.4. The maximum absolute atomic E-state index is 14.4. The van der Waals surface area contributed by atoms with Crippen LogP contribution in [0.4, 0.5) is 4.39 Å². The number of halogens is 1. The molecule has 0 unspecified atom stereocenters. The minimum absolute atomic E-state index is 0.00498. The van der Waals surface area contributed by atoms with Crippen LogP contribution in [0.5, 0.6) is 5.75 Å². The number of hydrogen-bond acceptors (Lipinski definition) is 3. The summed E-state index contributed by atoms with van der Waals surface area (Å²) in [5.74, 6) is -0.273. The van der Waals surface area contributed by atoms with Crippen molar-refractivity contribution in [2.24, 2.45) is 5.73 Å². The third-order valence-corrected chi connectivity index (χ3v) is 5.37. The van der Waals surface area contributed by atoms with E-state index < -0.39 is 11.4 Å². The largest absolute Gasteiger partial charge is 0.507 e. The van der Waals surface area contributed by atoms with Crippen LogP contribution >= 0.6 is 0 Å². The predicted molar refractivity (Wildman–Crippen MR) is 111 cm³/mol. The van der Waals surface area contributed by atoms with E-state index in [1.54, 1.807) is 25.1 Å². The van der Waals surface area contributed by atoms with Crippen LogP contribution in [-0.2, 0) is 0 Å². The van der Waals surface area contributed by atoms with Crippen LogP contribution in [0.3, 0.4) is 0 Å². The molecule has 0 saturated carbocycles. The van der Waals surface area contributed by atoms with Crippen molar-refractivity contribution in [1.29, 1.82) is 0 Å². The minimum Gasteiger partial charge on any atom is -0.507 e. The summed E-state index contributed by atoms with van der Waals surface area (Å²) in [6, 6.07) is 14.0. The van der Waals surface area contributed by atoms with Crippen molar-refractivity contribution in [2.75, 3.05) is 6.54 Å². The van der Waals surface area contributed by atoms with Gasteiger partial charge in [-0.25, -0.2) is 4.39 Å². The van der Waals surface area contributed by atoms with Gasteiger partial charge < -0.3 is 15.8 Å². The van der Waals surface area contributed by atoms with Gasteiger partial charge in [0.15, 0.2) is 0 Å². The smallest absolute Gasteiger partial charge is 0.259 e. The number of aromatic amines is 1. The van der Waals surface area contributed by atoms with Crippen molar-refractivity contribution < 1.29 is 9.50 Å².